The summed E-state index contributed by atoms with van der Waals surface area (Å²) in [5.74, 6) is -0.720. The molecule has 0 aromatic heterocycles. The van der Waals surface area contributed by atoms with Crippen LogP contribution in [0.1, 0.15) is 11.1 Å². The molecule has 0 radical (unpaired) electrons. The van der Waals surface area contributed by atoms with Gasteiger partial charge in [0.05, 0.1) is 0 Å². The highest BCUT2D eigenvalue weighted by molar-refractivity contribution is 7.98. The Morgan fingerprint density at radius 1 is 0.944 bits per heavy atom. The Morgan fingerprint density at radius 2 is 1.56 bits per heavy atom. The van der Waals surface area contributed by atoms with Gasteiger partial charge in [0.25, 0.3) is 0 Å². The second-order valence-electron chi connectivity index (χ2n) is 3.84. The highest BCUT2D eigenvalue weighted by Gasteiger charge is 2.08. The van der Waals surface area contributed by atoms with Crippen LogP contribution in [0, 0.1) is 11.6 Å². The molecule has 2 aromatic carbocycles. The molecule has 0 unspecified atom stereocenters. The van der Waals surface area contributed by atoms with E-state index in [4.69, 9.17) is 5.73 Å². The van der Waals surface area contributed by atoms with Gasteiger partial charge in [-0.1, -0.05) is 18.2 Å². The number of hydrogen-bond acceptors (Lipinski definition) is 2. The monoisotopic (exact) mass is 265 g/mol. The van der Waals surface area contributed by atoms with Gasteiger partial charge in [0.2, 0.25) is 0 Å². The molecule has 2 rings (SSSR count). The highest BCUT2D eigenvalue weighted by Crippen LogP contribution is 2.25. The van der Waals surface area contributed by atoms with Crippen molar-refractivity contribution in [1.29, 1.82) is 0 Å². The van der Waals surface area contributed by atoms with E-state index in [-0.39, 0.29) is 11.3 Å². The predicted octanol–water partition coefficient (Wildman–Crippen LogP) is 3.72. The van der Waals surface area contributed by atoms with E-state index >= 15 is 0 Å². The van der Waals surface area contributed by atoms with Crippen LogP contribution in [0.5, 0.6) is 0 Å². The van der Waals surface area contributed by atoms with E-state index in [9.17, 15) is 8.78 Å². The maximum Gasteiger partial charge on any atom is 0.130 e. The average Bonchev–Trinajstić information content (AvgIpc) is 2.39. The molecule has 0 aliphatic carbocycles. The molecule has 18 heavy (non-hydrogen) atoms. The van der Waals surface area contributed by atoms with Crippen molar-refractivity contribution in [1.82, 2.24) is 0 Å². The van der Waals surface area contributed by atoms with Gasteiger partial charge in [0, 0.05) is 22.8 Å². The van der Waals surface area contributed by atoms with E-state index in [2.05, 4.69) is 0 Å². The third-order valence-corrected chi connectivity index (χ3v) is 3.64. The molecule has 4 heteroatoms. The summed E-state index contributed by atoms with van der Waals surface area (Å²) in [5.41, 5.74) is 6.65. The van der Waals surface area contributed by atoms with Gasteiger partial charge in [0.15, 0.2) is 0 Å². The Morgan fingerprint density at radius 3 is 2.11 bits per heavy atom. The van der Waals surface area contributed by atoms with E-state index in [0.717, 1.165) is 10.5 Å². The summed E-state index contributed by atoms with van der Waals surface area (Å²) in [7, 11) is 0. The van der Waals surface area contributed by atoms with Gasteiger partial charge in [-0.25, -0.2) is 8.78 Å². The zero-order valence-electron chi connectivity index (χ0n) is 9.70. The smallest absolute Gasteiger partial charge is 0.130 e. The summed E-state index contributed by atoms with van der Waals surface area (Å²) in [5, 5.41) is 0. The Balaban J connectivity index is 2.06. The minimum absolute atomic E-state index is 0.116. The molecule has 2 N–H and O–H groups in total. The van der Waals surface area contributed by atoms with E-state index in [1.807, 2.05) is 24.3 Å². The Hall–Kier alpha value is -1.39. The maximum absolute atomic E-state index is 13.4. The van der Waals surface area contributed by atoms with E-state index in [1.165, 1.54) is 30.0 Å². The highest BCUT2D eigenvalue weighted by atomic mass is 32.2. The lowest BCUT2D eigenvalue weighted by atomic mass is 10.2. The quantitative estimate of drug-likeness (QED) is 0.853. The molecular weight excluding hydrogens is 252 g/mol. The summed E-state index contributed by atoms with van der Waals surface area (Å²) >= 11 is 1.40. The maximum atomic E-state index is 13.4. The first-order valence-electron chi connectivity index (χ1n) is 5.55. The van der Waals surface area contributed by atoms with Crippen molar-refractivity contribution in [2.75, 3.05) is 0 Å². The molecule has 2 aromatic rings. The van der Waals surface area contributed by atoms with Gasteiger partial charge in [0.1, 0.15) is 11.6 Å². The van der Waals surface area contributed by atoms with Crippen LogP contribution < -0.4 is 5.73 Å². The summed E-state index contributed by atoms with van der Waals surface area (Å²) in [6.45, 7) is 0.493. The number of nitrogens with two attached hydrogens (primary N) is 1. The Kier molecular flexibility index (Phi) is 4.33. The lowest BCUT2D eigenvalue weighted by Gasteiger charge is -2.05. The summed E-state index contributed by atoms with van der Waals surface area (Å²) in [6.07, 6.45) is 0. The molecule has 0 aliphatic heterocycles. The second-order valence-corrected chi connectivity index (χ2v) is 4.89. The molecule has 0 atom stereocenters. The van der Waals surface area contributed by atoms with Gasteiger partial charge in [-0.2, -0.15) is 0 Å². The average molecular weight is 265 g/mol. The van der Waals surface area contributed by atoms with Gasteiger partial charge >= 0.3 is 0 Å². The first-order valence-corrected chi connectivity index (χ1v) is 6.54. The molecule has 0 fully saturated rings. The molecule has 0 bridgehead atoms. The van der Waals surface area contributed by atoms with E-state index in [0.29, 0.717) is 6.54 Å². The topological polar surface area (TPSA) is 26.0 Å². The zero-order chi connectivity index (χ0) is 13.0. The molecule has 0 amide bonds. The van der Waals surface area contributed by atoms with E-state index < -0.39 is 11.6 Å². The molecule has 94 valence electrons. The molecule has 0 spiro atoms. The minimum Gasteiger partial charge on any atom is -0.326 e. The SMILES string of the molecule is NCc1ccc(SCc2c(F)cccc2F)cc1. The van der Waals surface area contributed by atoms with Crippen LogP contribution in [-0.2, 0) is 12.3 Å². The van der Waals surface area contributed by atoms with Gasteiger partial charge < -0.3 is 5.73 Å². The Bertz CT molecular complexity index is 506. The van der Waals surface area contributed by atoms with Crippen LogP contribution in [0.3, 0.4) is 0 Å². The number of benzene rings is 2. The van der Waals surface area contributed by atoms with Gasteiger partial charge in [-0.05, 0) is 29.8 Å². The predicted molar refractivity (Wildman–Crippen MR) is 70.3 cm³/mol. The van der Waals surface area contributed by atoms with Crippen molar-refractivity contribution in [3.05, 3.63) is 65.2 Å². The van der Waals surface area contributed by atoms with Crippen LogP contribution in [0.25, 0.3) is 0 Å². The molecule has 1 nitrogen and oxygen atoms in total. The molecule has 0 heterocycles. The van der Waals surface area contributed by atoms with Crippen molar-refractivity contribution in [2.24, 2.45) is 5.73 Å². The fourth-order valence-electron chi connectivity index (χ4n) is 1.55. The number of halogens is 2. The Labute approximate surface area is 109 Å². The van der Waals surface area contributed by atoms with Crippen LogP contribution >= 0.6 is 11.8 Å². The second kappa shape index (κ2) is 5.98. The summed E-state index contributed by atoms with van der Waals surface area (Å²) < 4.78 is 26.8. The first-order chi connectivity index (χ1) is 8.70. The van der Waals surface area contributed by atoms with Crippen molar-refractivity contribution >= 4 is 11.8 Å². The number of hydrogen-bond donors (Lipinski definition) is 1. The fourth-order valence-corrected chi connectivity index (χ4v) is 2.46. The summed E-state index contributed by atoms with van der Waals surface area (Å²) in [6, 6.07) is 11.6. The standard InChI is InChI=1S/C14H13F2NS/c15-13-2-1-3-14(16)12(13)9-18-11-6-4-10(8-17)5-7-11/h1-7H,8-9,17H2. The molecule has 0 saturated carbocycles. The van der Waals surface area contributed by atoms with Crippen LogP contribution in [0.2, 0.25) is 0 Å². The molecule has 0 saturated heterocycles. The lowest BCUT2D eigenvalue weighted by molar-refractivity contribution is 0.566. The largest absolute Gasteiger partial charge is 0.326 e. The lowest BCUT2D eigenvalue weighted by Crippen LogP contribution is -1.95. The zero-order valence-corrected chi connectivity index (χ0v) is 10.5. The van der Waals surface area contributed by atoms with Crippen LogP contribution in [0.4, 0.5) is 8.78 Å². The third-order valence-electron chi connectivity index (χ3n) is 2.60. The number of thioether (sulfide) groups is 1. The minimum atomic E-state index is -0.499. The number of rotatable bonds is 4. The van der Waals surface area contributed by atoms with Gasteiger partial charge in [-0.3, -0.25) is 0 Å². The van der Waals surface area contributed by atoms with Crippen LogP contribution in [0.15, 0.2) is 47.4 Å². The first kappa shape index (κ1) is 13.1. The van der Waals surface area contributed by atoms with Crippen molar-refractivity contribution in [2.45, 2.75) is 17.2 Å². The fraction of sp³-hybridized carbons (Fsp3) is 0.143. The van der Waals surface area contributed by atoms with Gasteiger partial charge in [-0.15, -0.1) is 11.8 Å². The summed E-state index contributed by atoms with van der Waals surface area (Å²) in [4.78, 5) is 0.967. The van der Waals surface area contributed by atoms with Crippen LogP contribution in [-0.4, -0.2) is 0 Å². The van der Waals surface area contributed by atoms with Crippen molar-refractivity contribution in [3.8, 4) is 0 Å². The normalized spacial score (nSPS) is 10.6. The molecule has 0 aliphatic rings. The van der Waals surface area contributed by atoms with Crippen molar-refractivity contribution in [3.63, 3.8) is 0 Å². The molecular formula is C14H13F2NS. The third kappa shape index (κ3) is 3.09. The van der Waals surface area contributed by atoms with Crippen molar-refractivity contribution < 1.29 is 8.78 Å². The van der Waals surface area contributed by atoms with E-state index in [1.54, 1.807) is 0 Å².